The van der Waals surface area contributed by atoms with Crippen LogP contribution in [-0.4, -0.2) is 31.2 Å². The number of aromatic nitrogens is 2. The average molecular weight is 258 g/mol. The third-order valence-corrected chi connectivity index (χ3v) is 2.87. The number of nitrogens with one attached hydrogen (secondary N) is 1. The molecule has 19 heavy (non-hydrogen) atoms. The molecule has 0 bridgehead atoms. The average Bonchev–Trinajstić information content (AvgIpc) is 2.46. The maximum absolute atomic E-state index is 5.16. The first-order chi connectivity index (χ1) is 9.13. The normalized spacial score (nSPS) is 10.1. The van der Waals surface area contributed by atoms with E-state index in [9.17, 15) is 0 Å². The van der Waals surface area contributed by atoms with Crippen molar-refractivity contribution in [3.63, 3.8) is 0 Å². The van der Waals surface area contributed by atoms with Crippen LogP contribution in [-0.2, 0) is 0 Å². The van der Waals surface area contributed by atoms with Crippen LogP contribution in [0.3, 0.4) is 0 Å². The van der Waals surface area contributed by atoms with Gasteiger partial charge in [0, 0.05) is 31.5 Å². The van der Waals surface area contributed by atoms with E-state index in [4.69, 9.17) is 4.74 Å². The number of rotatable bonds is 4. The van der Waals surface area contributed by atoms with Gasteiger partial charge < -0.3 is 15.0 Å². The lowest BCUT2D eigenvalue weighted by Crippen LogP contribution is -2.13. The van der Waals surface area contributed by atoms with Crippen LogP contribution in [0.2, 0.25) is 0 Å². The topological polar surface area (TPSA) is 50.3 Å². The first kappa shape index (κ1) is 13.1. The number of ether oxygens (including phenoxy) is 1. The number of methoxy groups -OCH3 is 1. The Morgan fingerprint density at radius 2 is 1.84 bits per heavy atom. The van der Waals surface area contributed by atoms with Gasteiger partial charge in [-0.05, 0) is 31.2 Å². The van der Waals surface area contributed by atoms with Crippen LogP contribution in [0, 0.1) is 6.92 Å². The lowest BCUT2D eigenvalue weighted by Gasteiger charge is -2.19. The molecule has 2 rings (SSSR count). The molecule has 0 aliphatic heterocycles. The number of hydrogen-bond acceptors (Lipinski definition) is 5. The van der Waals surface area contributed by atoms with Gasteiger partial charge in [0.15, 0.2) is 0 Å². The fourth-order valence-corrected chi connectivity index (χ4v) is 1.77. The molecule has 0 aliphatic rings. The van der Waals surface area contributed by atoms with E-state index in [0.29, 0.717) is 5.95 Å². The van der Waals surface area contributed by atoms with Crippen molar-refractivity contribution in [2.75, 3.05) is 31.4 Å². The largest absolute Gasteiger partial charge is 0.497 e. The quantitative estimate of drug-likeness (QED) is 0.913. The molecule has 0 fully saturated rings. The van der Waals surface area contributed by atoms with Gasteiger partial charge in [-0.1, -0.05) is 0 Å². The molecule has 1 aromatic carbocycles. The molecule has 5 heteroatoms. The van der Waals surface area contributed by atoms with Crippen molar-refractivity contribution in [1.29, 1.82) is 0 Å². The number of anilines is 3. The summed E-state index contributed by atoms with van der Waals surface area (Å²) in [6, 6.07) is 9.80. The third kappa shape index (κ3) is 2.93. The molecular weight excluding hydrogens is 240 g/mol. The summed E-state index contributed by atoms with van der Waals surface area (Å²) in [5.41, 5.74) is 1.97. The zero-order valence-electron chi connectivity index (χ0n) is 11.6. The van der Waals surface area contributed by atoms with Gasteiger partial charge in [-0.25, -0.2) is 4.98 Å². The molecule has 0 saturated heterocycles. The van der Waals surface area contributed by atoms with Crippen molar-refractivity contribution < 1.29 is 4.74 Å². The Bertz CT molecular complexity index is 554. The Hall–Kier alpha value is -2.30. The number of hydrogen-bond donors (Lipinski definition) is 1. The van der Waals surface area contributed by atoms with Crippen LogP contribution < -0.4 is 15.0 Å². The molecule has 0 saturated carbocycles. The van der Waals surface area contributed by atoms with Gasteiger partial charge in [0.25, 0.3) is 0 Å². The van der Waals surface area contributed by atoms with Gasteiger partial charge in [-0.15, -0.1) is 0 Å². The third-order valence-electron chi connectivity index (χ3n) is 2.87. The van der Waals surface area contributed by atoms with E-state index in [1.807, 2.05) is 56.3 Å². The maximum Gasteiger partial charge on any atom is 0.224 e. The molecule has 1 aromatic heterocycles. The standard InChI is InChI=1S/C14H18N4O/c1-10-9-13(17-14(15-2)16-10)18(3)11-5-7-12(19-4)8-6-11/h5-9H,1-4H3,(H,15,16,17). The van der Waals surface area contributed by atoms with Gasteiger partial charge in [-0.3, -0.25) is 0 Å². The lowest BCUT2D eigenvalue weighted by molar-refractivity contribution is 0.415. The zero-order valence-corrected chi connectivity index (χ0v) is 11.6. The SMILES string of the molecule is CNc1nc(C)cc(N(C)c2ccc(OC)cc2)n1. The smallest absolute Gasteiger partial charge is 0.224 e. The summed E-state index contributed by atoms with van der Waals surface area (Å²) in [5.74, 6) is 2.31. The molecular formula is C14H18N4O. The number of benzene rings is 1. The molecule has 0 amide bonds. The van der Waals surface area contributed by atoms with Gasteiger partial charge in [0.2, 0.25) is 5.95 Å². The predicted molar refractivity (Wildman–Crippen MR) is 77.4 cm³/mol. The van der Waals surface area contributed by atoms with Crippen LogP contribution in [0.1, 0.15) is 5.69 Å². The summed E-state index contributed by atoms with van der Waals surface area (Å²) in [5, 5.41) is 2.96. The first-order valence-corrected chi connectivity index (χ1v) is 6.05. The van der Waals surface area contributed by atoms with Crippen LogP contribution in [0.15, 0.2) is 30.3 Å². The Balaban J connectivity index is 2.31. The van der Waals surface area contributed by atoms with E-state index >= 15 is 0 Å². The Morgan fingerprint density at radius 3 is 2.42 bits per heavy atom. The molecule has 2 aromatic rings. The minimum atomic E-state index is 0.621. The van der Waals surface area contributed by atoms with Crippen molar-refractivity contribution in [1.82, 2.24) is 9.97 Å². The Labute approximate surface area is 113 Å². The second-order valence-electron chi connectivity index (χ2n) is 4.20. The summed E-state index contributed by atoms with van der Waals surface area (Å²) < 4.78 is 5.16. The van der Waals surface area contributed by atoms with E-state index in [-0.39, 0.29) is 0 Å². The van der Waals surface area contributed by atoms with Crippen LogP contribution in [0.25, 0.3) is 0 Å². The molecule has 5 nitrogen and oxygen atoms in total. The first-order valence-electron chi connectivity index (χ1n) is 6.05. The second kappa shape index (κ2) is 5.56. The summed E-state index contributed by atoms with van der Waals surface area (Å²) in [7, 11) is 5.45. The lowest BCUT2D eigenvalue weighted by atomic mass is 10.2. The van der Waals surface area contributed by atoms with E-state index in [0.717, 1.165) is 22.9 Å². The van der Waals surface area contributed by atoms with Gasteiger partial charge in [0.05, 0.1) is 7.11 Å². The molecule has 100 valence electrons. The fourth-order valence-electron chi connectivity index (χ4n) is 1.77. The van der Waals surface area contributed by atoms with Crippen molar-refractivity contribution in [3.05, 3.63) is 36.0 Å². The molecule has 0 atom stereocenters. The molecule has 0 radical (unpaired) electrons. The summed E-state index contributed by atoms with van der Waals surface area (Å²) in [6.07, 6.45) is 0. The predicted octanol–water partition coefficient (Wildman–Crippen LogP) is 2.60. The van der Waals surface area contributed by atoms with Crippen molar-refractivity contribution in [2.45, 2.75) is 6.92 Å². The number of aryl methyl sites for hydroxylation is 1. The highest BCUT2D eigenvalue weighted by Gasteiger charge is 2.08. The molecule has 1 N–H and O–H groups in total. The molecule has 1 heterocycles. The maximum atomic E-state index is 5.16. The molecule has 0 unspecified atom stereocenters. The minimum Gasteiger partial charge on any atom is -0.497 e. The molecule has 0 aliphatic carbocycles. The number of nitrogens with zero attached hydrogens (tertiary/aromatic N) is 3. The van der Waals surface area contributed by atoms with Gasteiger partial charge in [-0.2, -0.15) is 4.98 Å². The molecule has 0 spiro atoms. The summed E-state index contributed by atoms with van der Waals surface area (Å²) in [4.78, 5) is 10.7. The van der Waals surface area contributed by atoms with Crippen molar-refractivity contribution in [2.24, 2.45) is 0 Å². The van der Waals surface area contributed by atoms with Gasteiger partial charge >= 0.3 is 0 Å². The summed E-state index contributed by atoms with van der Waals surface area (Å²) in [6.45, 7) is 1.95. The highest BCUT2D eigenvalue weighted by atomic mass is 16.5. The van der Waals surface area contributed by atoms with Crippen LogP contribution in [0.4, 0.5) is 17.5 Å². The van der Waals surface area contributed by atoms with E-state index < -0.39 is 0 Å². The highest BCUT2D eigenvalue weighted by molar-refractivity contribution is 5.61. The highest BCUT2D eigenvalue weighted by Crippen LogP contribution is 2.25. The zero-order chi connectivity index (χ0) is 13.8. The van der Waals surface area contributed by atoms with Gasteiger partial charge in [0.1, 0.15) is 11.6 Å². The second-order valence-corrected chi connectivity index (χ2v) is 4.20. The van der Waals surface area contributed by atoms with Crippen LogP contribution in [0.5, 0.6) is 5.75 Å². The fraction of sp³-hybridized carbons (Fsp3) is 0.286. The van der Waals surface area contributed by atoms with E-state index in [2.05, 4.69) is 15.3 Å². The van der Waals surface area contributed by atoms with Crippen LogP contribution >= 0.6 is 0 Å². The van der Waals surface area contributed by atoms with E-state index in [1.54, 1.807) is 7.11 Å². The van der Waals surface area contributed by atoms with E-state index in [1.165, 1.54) is 0 Å². The summed E-state index contributed by atoms with van der Waals surface area (Å²) >= 11 is 0. The Kier molecular flexibility index (Phi) is 3.85. The minimum absolute atomic E-state index is 0.621. The van der Waals surface area contributed by atoms with Crippen molar-refractivity contribution in [3.8, 4) is 5.75 Å². The monoisotopic (exact) mass is 258 g/mol. The Morgan fingerprint density at radius 1 is 1.16 bits per heavy atom. The van der Waals surface area contributed by atoms with Crippen molar-refractivity contribution >= 4 is 17.5 Å².